The van der Waals surface area contributed by atoms with Crippen LogP contribution in [0.25, 0.3) is 0 Å². The molecule has 0 aliphatic rings. The summed E-state index contributed by atoms with van der Waals surface area (Å²) in [5, 5.41) is 2.18. The van der Waals surface area contributed by atoms with Gasteiger partial charge < -0.3 is 19.3 Å². The Balaban J connectivity index is 2.39. The molecule has 178 valence electrons. The van der Waals surface area contributed by atoms with Crippen LogP contribution in [0.4, 0.5) is 16.4 Å². The minimum Gasteiger partial charge on any atom is -0.481 e. The Morgan fingerprint density at radius 1 is 1.09 bits per heavy atom. The van der Waals surface area contributed by atoms with Gasteiger partial charge in [-0.3, -0.25) is 14.9 Å². The largest absolute Gasteiger partial charge is 0.481 e. The minimum absolute atomic E-state index is 0.0742. The highest BCUT2D eigenvalue weighted by atomic mass is 32.2. The van der Waals surface area contributed by atoms with Crippen LogP contribution in [0.3, 0.4) is 0 Å². The zero-order valence-corrected chi connectivity index (χ0v) is 19.5. The molecule has 0 atom stereocenters. The molecule has 2 rings (SSSR count). The lowest BCUT2D eigenvalue weighted by Gasteiger charge is -2.19. The first-order valence-electron chi connectivity index (χ1n) is 9.44. The maximum atomic E-state index is 12.9. The number of benzene rings is 1. The zero-order chi connectivity index (χ0) is 24.8. The van der Waals surface area contributed by atoms with Crippen LogP contribution in [0.15, 0.2) is 29.2 Å². The normalized spacial score (nSPS) is 10.7. The van der Waals surface area contributed by atoms with Crippen LogP contribution in [-0.4, -0.2) is 76.5 Å². The molecule has 1 aromatic heterocycles. The molecule has 0 spiro atoms. The molecule has 0 saturated carbocycles. The number of nitrogens with zero attached hydrogens (tertiary/aromatic N) is 4. The molecule has 1 aromatic carbocycles. The predicted octanol–water partition coefficient (Wildman–Crippen LogP) is 0.689. The second kappa shape index (κ2) is 10.6. The molecule has 0 unspecified atom stereocenters. The third-order valence-electron chi connectivity index (χ3n) is 4.24. The van der Waals surface area contributed by atoms with Crippen molar-refractivity contribution in [2.75, 3.05) is 45.1 Å². The Hall–Kier alpha value is -3.94. The van der Waals surface area contributed by atoms with Crippen LogP contribution >= 0.6 is 0 Å². The van der Waals surface area contributed by atoms with E-state index in [4.69, 9.17) is 9.47 Å². The number of urea groups is 1. The molecule has 0 saturated heterocycles. The average molecular weight is 481 g/mol. The van der Waals surface area contributed by atoms with Crippen molar-refractivity contribution in [2.24, 2.45) is 0 Å². The van der Waals surface area contributed by atoms with Crippen LogP contribution in [-0.2, 0) is 14.8 Å². The van der Waals surface area contributed by atoms with Gasteiger partial charge in [-0.15, -0.1) is 0 Å². The molecule has 0 bridgehead atoms. The molecule has 13 nitrogen and oxygen atoms in total. The van der Waals surface area contributed by atoms with Gasteiger partial charge in [-0.1, -0.05) is 0 Å². The summed E-state index contributed by atoms with van der Waals surface area (Å²) in [6.07, 6.45) is 0.557. The van der Waals surface area contributed by atoms with Gasteiger partial charge in [0.2, 0.25) is 24.1 Å². The summed E-state index contributed by atoms with van der Waals surface area (Å²) in [6.45, 7) is 2.02. The van der Waals surface area contributed by atoms with Crippen molar-refractivity contribution in [3.63, 3.8) is 0 Å². The highest BCUT2D eigenvalue weighted by Crippen LogP contribution is 2.24. The molecule has 0 aliphatic carbocycles. The monoisotopic (exact) mass is 480 g/mol. The molecule has 14 heteroatoms. The zero-order valence-electron chi connectivity index (χ0n) is 18.6. The summed E-state index contributed by atoms with van der Waals surface area (Å²) in [5.74, 6) is -0.765. The maximum Gasteiger partial charge on any atom is 0.335 e. The van der Waals surface area contributed by atoms with Crippen LogP contribution in [0.5, 0.6) is 11.8 Å². The fraction of sp³-hybridized carbons (Fsp3) is 0.316. The van der Waals surface area contributed by atoms with Crippen molar-refractivity contribution in [1.29, 1.82) is 0 Å². The number of anilines is 2. The van der Waals surface area contributed by atoms with Crippen molar-refractivity contribution in [1.82, 2.24) is 19.6 Å². The first-order chi connectivity index (χ1) is 15.6. The van der Waals surface area contributed by atoms with Gasteiger partial charge in [0.1, 0.15) is 4.90 Å². The number of nitrogens with one attached hydrogen (secondary N) is 2. The van der Waals surface area contributed by atoms with Crippen LogP contribution in [0, 0.1) is 0 Å². The highest BCUT2D eigenvalue weighted by molar-refractivity contribution is 7.90. The molecule has 0 fully saturated rings. The highest BCUT2D eigenvalue weighted by Gasteiger charge is 2.27. The summed E-state index contributed by atoms with van der Waals surface area (Å²) < 4.78 is 37.6. The molecular formula is C19H24N6O7S. The second-order valence-electron chi connectivity index (χ2n) is 6.61. The number of carbonyl (C=O) groups is 3. The number of rotatable bonds is 9. The SMILES string of the molecule is CCN(C=O)c1ccc(S(=O)(=O)NC(=O)Nc2nc(OC)cc(OC)n2)c(C(=O)N(C)C)c1. The Bertz CT molecular complexity index is 1130. The lowest BCUT2D eigenvalue weighted by atomic mass is 10.1. The van der Waals surface area contributed by atoms with Gasteiger partial charge >= 0.3 is 6.03 Å². The number of sulfonamides is 1. The van der Waals surface area contributed by atoms with E-state index in [1.807, 2.05) is 4.72 Å². The lowest BCUT2D eigenvalue weighted by Crippen LogP contribution is -2.36. The maximum absolute atomic E-state index is 12.9. The number of ether oxygens (including phenoxy) is 2. The van der Waals surface area contributed by atoms with E-state index in [0.29, 0.717) is 18.6 Å². The number of hydrogen-bond donors (Lipinski definition) is 2. The van der Waals surface area contributed by atoms with Gasteiger partial charge in [0.05, 0.1) is 25.8 Å². The lowest BCUT2D eigenvalue weighted by molar-refractivity contribution is -0.107. The van der Waals surface area contributed by atoms with E-state index in [2.05, 4.69) is 15.3 Å². The van der Waals surface area contributed by atoms with Crippen LogP contribution in [0.1, 0.15) is 17.3 Å². The first-order valence-corrected chi connectivity index (χ1v) is 10.9. The van der Waals surface area contributed by atoms with Crippen molar-refractivity contribution in [3.8, 4) is 11.8 Å². The third kappa shape index (κ3) is 6.06. The number of amides is 4. The Morgan fingerprint density at radius 2 is 1.70 bits per heavy atom. The van der Waals surface area contributed by atoms with Gasteiger partial charge in [-0.05, 0) is 25.1 Å². The summed E-state index contributed by atoms with van der Waals surface area (Å²) in [4.78, 5) is 46.1. The van der Waals surface area contributed by atoms with Gasteiger partial charge in [0, 0.05) is 26.3 Å². The average Bonchev–Trinajstić information content (AvgIpc) is 2.78. The van der Waals surface area contributed by atoms with E-state index in [9.17, 15) is 22.8 Å². The van der Waals surface area contributed by atoms with E-state index < -0.39 is 26.9 Å². The molecule has 0 radical (unpaired) electrons. The van der Waals surface area contributed by atoms with E-state index in [1.165, 1.54) is 56.3 Å². The first kappa shape index (κ1) is 25.3. The van der Waals surface area contributed by atoms with Crippen molar-refractivity contribution < 1.29 is 32.3 Å². The molecular weight excluding hydrogens is 456 g/mol. The quantitative estimate of drug-likeness (QED) is 0.492. The van der Waals surface area contributed by atoms with E-state index in [1.54, 1.807) is 6.92 Å². The Kier molecular flexibility index (Phi) is 8.12. The topological polar surface area (TPSA) is 160 Å². The molecule has 2 N–H and O–H groups in total. The summed E-state index contributed by atoms with van der Waals surface area (Å²) in [5.41, 5.74) is 0.0929. The number of hydrogen-bond acceptors (Lipinski definition) is 9. The van der Waals surface area contributed by atoms with E-state index >= 15 is 0 Å². The number of aromatic nitrogens is 2. The van der Waals surface area contributed by atoms with Crippen molar-refractivity contribution >= 4 is 40.0 Å². The second-order valence-corrected chi connectivity index (χ2v) is 8.26. The van der Waals surface area contributed by atoms with Gasteiger partial charge in [0.15, 0.2) is 0 Å². The Morgan fingerprint density at radius 3 is 2.18 bits per heavy atom. The van der Waals surface area contributed by atoms with Crippen molar-refractivity contribution in [3.05, 3.63) is 29.8 Å². The standard InChI is InChI=1S/C19H24N6O7S/c1-6-25(11-26)12-7-8-14(13(9-12)17(27)24(2)3)33(29,30)23-19(28)22-18-20-15(31-4)10-16(21-18)32-5/h7-11H,6H2,1-5H3,(H2,20,21,22,23,28). The van der Waals surface area contributed by atoms with Crippen LogP contribution in [0.2, 0.25) is 0 Å². The summed E-state index contributed by atoms with van der Waals surface area (Å²) in [6, 6.07) is 3.94. The predicted molar refractivity (Wildman–Crippen MR) is 118 cm³/mol. The Labute approximate surface area is 190 Å². The molecule has 1 heterocycles. The molecule has 4 amide bonds. The summed E-state index contributed by atoms with van der Waals surface area (Å²) in [7, 11) is 1.05. The van der Waals surface area contributed by atoms with E-state index in [-0.39, 0.29) is 23.3 Å². The molecule has 0 aliphatic heterocycles. The minimum atomic E-state index is -4.51. The smallest absolute Gasteiger partial charge is 0.335 e. The number of carbonyl (C=O) groups excluding carboxylic acids is 3. The van der Waals surface area contributed by atoms with Gasteiger partial charge in [-0.25, -0.2) is 17.9 Å². The van der Waals surface area contributed by atoms with Crippen LogP contribution < -0.4 is 24.4 Å². The van der Waals surface area contributed by atoms with E-state index in [0.717, 1.165) is 6.07 Å². The fourth-order valence-electron chi connectivity index (χ4n) is 2.63. The molecule has 33 heavy (non-hydrogen) atoms. The summed E-state index contributed by atoms with van der Waals surface area (Å²) >= 11 is 0. The fourth-order valence-corrected chi connectivity index (χ4v) is 3.72. The molecule has 2 aromatic rings. The third-order valence-corrected chi connectivity index (χ3v) is 5.63. The van der Waals surface area contributed by atoms with Gasteiger partial charge in [-0.2, -0.15) is 9.97 Å². The number of methoxy groups -OCH3 is 2. The van der Waals surface area contributed by atoms with Gasteiger partial charge in [0.25, 0.3) is 15.9 Å². The van der Waals surface area contributed by atoms with Crippen molar-refractivity contribution in [2.45, 2.75) is 11.8 Å².